The van der Waals surface area contributed by atoms with Gasteiger partial charge in [-0.2, -0.15) is 0 Å². The third-order valence-corrected chi connectivity index (χ3v) is 4.32. The fourth-order valence-corrected chi connectivity index (χ4v) is 3.10. The van der Waals surface area contributed by atoms with Crippen molar-refractivity contribution >= 4 is 34.6 Å². The molecule has 1 aromatic heterocycles. The average Bonchev–Trinajstić information content (AvgIpc) is 3.09. The van der Waals surface area contributed by atoms with Gasteiger partial charge in [0, 0.05) is 41.1 Å². The zero-order valence-corrected chi connectivity index (χ0v) is 12.6. The first-order valence-corrected chi connectivity index (χ1v) is 7.37. The Morgan fingerprint density at radius 2 is 2.00 bits per heavy atom. The number of anilines is 2. The third kappa shape index (κ3) is 2.09. The van der Waals surface area contributed by atoms with Gasteiger partial charge in [-0.1, -0.05) is 6.07 Å². The summed E-state index contributed by atoms with van der Waals surface area (Å²) in [5, 5.41) is 3.69. The Hall–Kier alpha value is -3.08. The van der Waals surface area contributed by atoms with Crippen molar-refractivity contribution in [1.29, 1.82) is 0 Å². The van der Waals surface area contributed by atoms with Crippen molar-refractivity contribution in [2.45, 2.75) is 6.54 Å². The predicted octanol–water partition coefficient (Wildman–Crippen LogP) is 2.91. The molecule has 0 unspecified atom stereocenters. The predicted molar refractivity (Wildman–Crippen MR) is 89.6 cm³/mol. The highest BCUT2D eigenvalue weighted by Gasteiger charge is 2.28. The number of hydrogen-bond acceptors (Lipinski definition) is 2. The van der Waals surface area contributed by atoms with Crippen LogP contribution < -0.4 is 10.2 Å². The number of hydrogen-bond donors (Lipinski definition) is 1. The van der Waals surface area contributed by atoms with Crippen LogP contribution in [0.5, 0.6) is 0 Å². The summed E-state index contributed by atoms with van der Waals surface area (Å²) in [4.78, 5) is 25.0. The van der Waals surface area contributed by atoms with Gasteiger partial charge in [0.25, 0.3) is 5.91 Å². The van der Waals surface area contributed by atoms with Crippen LogP contribution in [0.4, 0.5) is 11.4 Å². The molecule has 5 nitrogen and oxygen atoms in total. The molecule has 1 aliphatic rings. The van der Waals surface area contributed by atoms with Crippen molar-refractivity contribution in [3.63, 3.8) is 0 Å². The number of carbonyl (C=O) groups is 2. The number of fused-ring (bicyclic) bond motifs is 2. The molecule has 114 valence electrons. The van der Waals surface area contributed by atoms with Crippen molar-refractivity contribution in [2.24, 2.45) is 7.05 Å². The molecule has 5 heteroatoms. The number of aromatic nitrogens is 1. The Bertz CT molecular complexity index is 943. The number of amides is 2. The van der Waals surface area contributed by atoms with E-state index in [1.54, 1.807) is 11.0 Å². The monoisotopic (exact) mass is 305 g/mol. The summed E-state index contributed by atoms with van der Waals surface area (Å²) in [5.74, 6) is -0.0372. The number of aryl methyl sites for hydroxylation is 1. The normalized spacial score (nSPS) is 13.4. The number of nitrogens with zero attached hydrogens (tertiary/aromatic N) is 2. The lowest BCUT2D eigenvalue weighted by atomic mass is 10.1. The summed E-state index contributed by atoms with van der Waals surface area (Å²) < 4.78 is 2.05. The molecule has 0 radical (unpaired) electrons. The smallest absolute Gasteiger partial charge is 0.259 e. The molecule has 0 aliphatic carbocycles. The maximum atomic E-state index is 12.7. The fourth-order valence-electron chi connectivity index (χ4n) is 3.10. The molecule has 0 spiro atoms. The van der Waals surface area contributed by atoms with Gasteiger partial charge < -0.3 is 14.8 Å². The number of nitrogens with one attached hydrogen (secondary N) is 1. The van der Waals surface area contributed by atoms with Crippen molar-refractivity contribution in [1.82, 2.24) is 4.57 Å². The van der Waals surface area contributed by atoms with Crippen molar-refractivity contribution in [3.05, 3.63) is 59.8 Å². The van der Waals surface area contributed by atoms with E-state index in [1.165, 1.54) is 0 Å². The summed E-state index contributed by atoms with van der Waals surface area (Å²) in [7, 11) is 2.00. The van der Waals surface area contributed by atoms with Crippen LogP contribution in [0.3, 0.4) is 0 Å². The van der Waals surface area contributed by atoms with Gasteiger partial charge in [-0.05, 0) is 42.0 Å². The third-order valence-electron chi connectivity index (χ3n) is 4.32. The van der Waals surface area contributed by atoms with Crippen LogP contribution >= 0.6 is 0 Å². The minimum atomic E-state index is -0.0372. The Morgan fingerprint density at radius 1 is 1.13 bits per heavy atom. The Labute approximate surface area is 133 Å². The number of rotatable bonds is 3. The molecule has 4 rings (SSSR count). The first-order valence-electron chi connectivity index (χ1n) is 7.37. The van der Waals surface area contributed by atoms with E-state index in [9.17, 15) is 9.59 Å². The van der Waals surface area contributed by atoms with Crippen LogP contribution in [0.15, 0.2) is 48.7 Å². The molecule has 0 atom stereocenters. The van der Waals surface area contributed by atoms with Crippen LogP contribution in [-0.2, 0) is 18.4 Å². The first-order chi connectivity index (χ1) is 11.2. The number of carbonyl (C=O) groups excluding carboxylic acids is 2. The van der Waals surface area contributed by atoms with Crippen molar-refractivity contribution in [3.8, 4) is 0 Å². The average molecular weight is 305 g/mol. The highest BCUT2D eigenvalue weighted by molar-refractivity contribution is 6.11. The second-order valence-electron chi connectivity index (χ2n) is 5.70. The molecule has 23 heavy (non-hydrogen) atoms. The Morgan fingerprint density at radius 3 is 2.83 bits per heavy atom. The van der Waals surface area contributed by atoms with E-state index < -0.39 is 0 Å². The van der Waals surface area contributed by atoms with Crippen LogP contribution in [0, 0.1) is 0 Å². The van der Waals surface area contributed by atoms with Crippen molar-refractivity contribution in [2.75, 3.05) is 10.2 Å². The quantitative estimate of drug-likeness (QED) is 0.756. The Kier molecular flexibility index (Phi) is 2.94. The van der Waals surface area contributed by atoms with Crippen molar-refractivity contribution < 1.29 is 9.59 Å². The second kappa shape index (κ2) is 4.98. The minimum absolute atomic E-state index is 0.0372. The highest BCUT2D eigenvalue weighted by atomic mass is 16.2. The summed E-state index contributed by atoms with van der Waals surface area (Å²) >= 11 is 0. The molecule has 2 heterocycles. The molecule has 3 aromatic rings. The lowest BCUT2D eigenvalue weighted by Crippen LogP contribution is -2.22. The second-order valence-corrected chi connectivity index (χ2v) is 5.70. The van der Waals surface area contributed by atoms with Crippen LogP contribution in [-0.4, -0.2) is 16.9 Å². The van der Waals surface area contributed by atoms with Gasteiger partial charge in [0.05, 0.1) is 6.54 Å². The van der Waals surface area contributed by atoms with E-state index in [4.69, 9.17) is 0 Å². The molecule has 0 fully saturated rings. The van der Waals surface area contributed by atoms with E-state index in [0.29, 0.717) is 24.2 Å². The van der Waals surface area contributed by atoms with Crippen LogP contribution in [0.25, 0.3) is 10.9 Å². The molecule has 0 saturated heterocycles. The maximum Gasteiger partial charge on any atom is 0.259 e. The van der Waals surface area contributed by atoms with Gasteiger partial charge in [-0.25, -0.2) is 0 Å². The molecule has 1 aliphatic heterocycles. The van der Waals surface area contributed by atoms with E-state index >= 15 is 0 Å². The van der Waals surface area contributed by atoms with Crippen LogP contribution in [0.1, 0.15) is 15.9 Å². The molecule has 2 aromatic carbocycles. The molecule has 0 bridgehead atoms. The standard InChI is InChI=1S/C18H15N3O2/c1-20-7-6-12-8-15(4-5-17(12)20)21-10-13-2-3-14(19-11-22)9-16(13)18(21)23/h2-9,11H,10H2,1H3,(H,19,22). The molecular formula is C18H15N3O2. The molecule has 0 saturated carbocycles. The molecular weight excluding hydrogens is 290 g/mol. The van der Waals surface area contributed by atoms with Gasteiger partial charge in [0.1, 0.15) is 0 Å². The maximum absolute atomic E-state index is 12.7. The van der Waals surface area contributed by atoms with Crippen LogP contribution in [0.2, 0.25) is 0 Å². The fraction of sp³-hybridized carbons (Fsp3) is 0.111. The van der Waals surface area contributed by atoms with E-state index in [1.807, 2.05) is 49.6 Å². The summed E-state index contributed by atoms with van der Waals surface area (Å²) in [6, 6.07) is 13.5. The minimum Gasteiger partial charge on any atom is -0.351 e. The Balaban J connectivity index is 1.72. The van der Waals surface area contributed by atoms with Gasteiger partial charge >= 0.3 is 0 Å². The molecule has 2 amide bonds. The summed E-state index contributed by atoms with van der Waals surface area (Å²) in [6.07, 6.45) is 2.62. The summed E-state index contributed by atoms with van der Waals surface area (Å²) in [5.41, 5.74) is 4.27. The number of benzene rings is 2. The zero-order chi connectivity index (χ0) is 16.0. The van der Waals surface area contributed by atoms with Gasteiger partial charge in [-0.3, -0.25) is 9.59 Å². The molecule has 1 N–H and O–H groups in total. The van der Waals surface area contributed by atoms with E-state index in [-0.39, 0.29) is 5.91 Å². The zero-order valence-electron chi connectivity index (χ0n) is 12.6. The topological polar surface area (TPSA) is 54.3 Å². The SMILES string of the molecule is Cn1ccc2cc(N3Cc4ccc(NC=O)cc4C3=O)ccc21. The van der Waals surface area contributed by atoms with Gasteiger partial charge in [0.15, 0.2) is 0 Å². The van der Waals surface area contributed by atoms with Gasteiger partial charge in [-0.15, -0.1) is 0 Å². The summed E-state index contributed by atoms with van der Waals surface area (Å²) in [6.45, 7) is 0.549. The lowest BCUT2D eigenvalue weighted by molar-refractivity contribution is -0.105. The van der Waals surface area contributed by atoms with E-state index in [2.05, 4.69) is 9.88 Å². The largest absolute Gasteiger partial charge is 0.351 e. The van der Waals surface area contributed by atoms with E-state index in [0.717, 1.165) is 22.2 Å². The first kappa shape index (κ1) is 13.6. The highest BCUT2D eigenvalue weighted by Crippen LogP contribution is 2.31. The van der Waals surface area contributed by atoms with Gasteiger partial charge in [0.2, 0.25) is 6.41 Å². The lowest BCUT2D eigenvalue weighted by Gasteiger charge is -2.16.